The summed E-state index contributed by atoms with van der Waals surface area (Å²) in [6.45, 7) is 1.97. The molecule has 4 aliphatic rings. The first-order valence-electron chi connectivity index (χ1n) is 8.16. The van der Waals surface area contributed by atoms with Gasteiger partial charge < -0.3 is 4.74 Å². The summed E-state index contributed by atoms with van der Waals surface area (Å²) in [6.07, 6.45) is 6.85. The molecule has 4 nitrogen and oxygen atoms in total. The highest BCUT2D eigenvalue weighted by Crippen LogP contribution is 2.60. The molecule has 0 saturated heterocycles. The van der Waals surface area contributed by atoms with Crippen LogP contribution in [0.3, 0.4) is 0 Å². The van der Waals surface area contributed by atoms with Crippen LogP contribution in [0.2, 0.25) is 0 Å². The largest absolute Gasteiger partial charge is 0.465 e. The van der Waals surface area contributed by atoms with Gasteiger partial charge in [-0.05, 0) is 63.2 Å². The van der Waals surface area contributed by atoms with Gasteiger partial charge in [0.15, 0.2) is 5.92 Å². The molecule has 4 aliphatic carbocycles. The molecule has 1 unspecified atom stereocenters. The fourth-order valence-electron chi connectivity index (χ4n) is 5.28. The summed E-state index contributed by atoms with van der Waals surface area (Å²) >= 11 is 0. The lowest BCUT2D eigenvalue weighted by Gasteiger charge is -2.56. The molecule has 0 N–H and O–H groups in total. The molecule has 0 radical (unpaired) electrons. The molecule has 21 heavy (non-hydrogen) atoms. The van der Waals surface area contributed by atoms with Gasteiger partial charge >= 0.3 is 5.97 Å². The van der Waals surface area contributed by atoms with Gasteiger partial charge in [-0.25, -0.2) is 0 Å². The fraction of sp³-hybridized carbons (Fsp3) is 0.824. The number of ether oxygens (including phenoxy) is 1. The van der Waals surface area contributed by atoms with E-state index < -0.39 is 11.9 Å². The molecule has 0 aromatic carbocycles. The standard InChI is InChI=1S/C17H23NO3/c1-2-21-16(20)14(10-18)6-15(19)17-7-11-3-12(8-17)5-13(4-11)9-17/h11-14H,2-9H2,1H3. The average molecular weight is 289 g/mol. The van der Waals surface area contributed by atoms with Gasteiger partial charge in [0.05, 0.1) is 12.7 Å². The molecule has 0 aliphatic heterocycles. The lowest BCUT2D eigenvalue weighted by Crippen LogP contribution is -2.50. The Morgan fingerprint density at radius 2 is 1.71 bits per heavy atom. The molecule has 4 fully saturated rings. The molecular formula is C17H23NO3. The lowest BCUT2D eigenvalue weighted by molar-refractivity contribution is -0.152. The van der Waals surface area contributed by atoms with Gasteiger partial charge in [-0.3, -0.25) is 9.59 Å². The van der Waals surface area contributed by atoms with Gasteiger partial charge in [0, 0.05) is 11.8 Å². The Balaban J connectivity index is 1.70. The van der Waals surface area contributed by atoms with Gasteiger partial charge in [-0.2, -0.15) is 5.26 Å². The van der Waals surface area contributed by atoms with Crippen LogP contribution in [-0.4, -0.2) is 18.4 Å². The summed E-state index contributed by atoms with van der Waals surface area (Å²) in [6, 6.07) is 1.95. The highest BCUT2D eigenvalue weighted by atomic mass is 16.5. The van der Waals surface area contributed by atoms with Crippen LogP contribution in [0.4, 0.5) is 0 Å². The van der Waals surface area contributed by atoms with Crippen LogP contribution in [0.1, 0.15) is 51.9 Å². The number of carbonyl (C=O) groups is 2. The Labute approximate surface area is 125 Å². The Kier molecular flexibility index (Phi) is 3.77. The van der Waals surface area contributed by atoms with E-state index in [9.17, 15) is 9.59 Å². The van der Waals surface area contributed by atoms with Crippen LogP contribution >= 0.6 is 0 Å². The van der Waals surface area contributed by atoms with Gasteiger partial charge in [0.1, 0.15) is 5.78 Å². The van der Waals surface area contributed by atoms with E-state index >= 15 is 0 Å². The van der Waals surface area contributed by atoms with E-state index in [2.05, 4.69) is 0 Å². The van der Waals surface area contributed by atoms with E-state index in [-0.39, 0.29) is 24.2 Å². The van der Waals surface area contributed by atoms with Crippen LogP contribution in [0.25, 0.3) is 0 Å². The number of ketones is 1. The average Bonchev–Trinajstić information content (AvgIpc) is 2.43. The summed E-state index contributed by atoms with van der Waals surface area (Å²) in [5, 5.41) is 9.15. The first-order chi connectivity index (χ1) is 10.1. The number of hydrogen-bond acceptors (Lipinski definition) is 4. The molecule has 1 atom stereocenters. The number of Topliss-reactive ketones (excluding diaryl/α,β-unsaturated/α-hetero) is 1. The van der Waals surface area contributed by atoms with Crippen molar-refractivity contribution in [2.45, 2.75) is 51.9 Å². The van der Waals surface area contributed by atoms with Crippen molar-refractivity contribution in [1.82, 2.24) is 0 Å². The molecule has 4 saturated carbocycles. The highest BCUT2D eigenvalue weighted by Gasteiger charge is 2.54. The van der Waals surface area contributed by atoms with E-state index in [1.54, 1.807) is 6.92 Å². The Hall–Kier alpha value is -1.37. The minimum atomic E-state index is -0.926. The Morgan fingerprint density at radius 1 is 1.19 bits per heavy atom. The second kappa shape index (κ2) is 5.44. The van der Waals surface area contributed by atoms with E-state index in [1.807, 2.05) is 6.07 Å². The van der Waals surface area contributed by atoms with E-state index in [0.29, 0.717) is 17.8 Å². The zero-order valence-corrected chi connectivity index (χ0v) is 12.6. The zero-order valence-electron chi connectivity index (χ0n) is 12.6. The van der Waals surface area contributed by atoms with Crippen molar-refractivity contribution >= 4 is 11.8 Å². The number of hydrogen-bond donors (Lipinski definition) is 0. The van der Waals surface area contributed by atoms with Crippen molar-refractivity contribution in [3.05, 3.63) is 0 Å². The van der Waals surface area contributed by atoms with Gasteiger partial charge in [-0.15, -0.1) is 0 Å². The minimum absolute atomic E-state index is 0.0431. The van der Waals surface area contributed by atoms with Gasteiger partial charge in [0.25, 0.3) is 0 Å². The fourth-order valence-corrected chi connectivity index (χ4v) is 5.28. The van der Waals surface area contributed by atoms with Crippen LogP contribution in [-0.2, 0) is 14.3 Å². The third-order valence-electron chi connectivity index (χ3n) is 5.75. The summed E-state index contributed by atoms with van der Waals surface area (Å²) in [7, 11) is 0. The SMILES string of the molecule is CCOC(=O)C(C#N)CC(=O)C12CC3CC(CC(C3)C1)C2. The maximum absolute atomic E-state index is 12.8. The van der Waals surface area contributed by atoms with Crippen LogP contribution in [0, 0.1) is 40.4 Å². The van der Waals surface area contributed by atoms with E-state index in [1.165, 1.54) is 19.3 Å². The molecule has 0 amide bonds. The molecule has 4 rings (SSSR count). The van der Waals surface area contributed by atoms with E-state index in [4.69, 9.17) is 10.00 Å². The molecule has 4 heteroatoms. The molecule has 0 spiro atoms. The number of nitrogens with zero attached hydrogens (tertiary/aromatic N) is 1. The Bertz CT molecular complexity index is 455. The topological polar surface area (TPSA) is 67.2 Å². The van der Waals surface area contributed by atoms with Crippen molar-refractivity contribution in [2.24, 2.45) is 29.1 Å². The molecule has 0 heterocycles. The number of rotatable bonds is 5. The quantitative estimate of drug-likeness (QED) is 0.730. The van der Waals surface area contributed by atoms with Crippen molar-refractivity contribution < 1.29 is 14.3 Å². The third kappa shape index (κ3) is 2.59. The minimum Gasteiger partial charge on any atom is -0.465 e. The van der Waals surface area contributed by atoms with Gasteiger partial charge in [0.2, 0.25) is 0 Å². The molecule has 4 bridgehead atoms. The summed E-state index contributed by atoms with van der Waals surface area (Å²) in [5.41, 5.74) is -0.226. The van der Waals surface area contributed by atoms with Gasteiger partial charge in [-0.1, -0.05) is 0 Å². The van der Waals surface area contributed by atoms with Crippen LogP contribution in [0.15, 0.2) is 0 Å². The predicted molar refractivity (Wildman–Crippen MR) is 76.0 cm³/mol. The summed E-state index contributed by atoms with van der Waals surface area (Å²) in [5.74, 6) is 0.764. The van der Waals surface area contributed by atoms with Crippen molar-refractivity contribution in [2.75, 3.05) is 6.61 Å². The highest BCUT2D eigenvalue weighted by molar-refractivity contribution is 5.90. The zero-order chi connectivity index (χ0) is 15.0. The monoisotopic (exact) mass is 289 g/mol. The van der Waals surface area contributed by atoms with Crippen LogP contribution < -0.4 is 0 Å². The normalized spacial score (nSPS) is 37.8. The van der Waals surface area contributed by atoms with Crippen molar-refractivity contribution in [1.29, 1.82) is 5.26 Å². The number of carbonyl (C=O) groups excluding carboxylic acids is 2. The second-order valence-corrected chi connectivity index (χ2v) is 7.26. The number of esters is 1. The third-order valence-corrected chi connectivity index (χ3v) is 5.75. The summed E-state index contributed by atoms with van der Waals surface area (Å²) < 4.78 is 4.90. The Morgan fingerprint density at radius 3 is 2.14 bits per heavy atom. The molecule has 114 valence electrons. The second-order valence-electron chi connectivity index (χ2n) is 7.26. The van der Waals surface area contributed by atoms with Crippen LogP contribution in [0.5, 0.6) is 0 Å². The first kappa shape index (κ1) is 14.6. The first-order valence-corrected chi connectivity index (χ1v) is 8.16. The maximum atomic E-state index is 12.8. The van der Waals surface area contributed by atoms with Crippen molar-refractivity contribution in [3.63, 3.8) is 0 Å². The predicted octanol–water partition coefficient (Wildman–Crippen LogP) is 2.86. The van der Waals surface area contributed by atoms with Crippen molar-refractivity contribution in [3.8, 4) is 6.07 Å². The maximum Gasteiger partial charge on any atom is 0.323 e. The molecule has 0 aromatic heterocycles. The smallest absolute Gasteiger partial charge is 0.323 e. The molecular weight excluding hydrogens is 266 g/mol. The lowest BCUT2D eigenvalue weighted by atomic mass is 9.48. The molecule has 0 aromatic rings. The summed E-state index contributed by atoms with van der Waals surface area (Å²) in [4.78, 5) is 24.6. The van der Waals surface area contributed by atoms with E-state index in [0.717, 1.165) is 19.3 Å². The number of nitriles is 1.